The molecule has 2 bridgehead atoms. The molecule has 8 atom stereocenters. The Hall–Kier alpha value is -0.200. The second kappa shape index (κ2) is 4.17. The molecule has 0 radical (unpaired) electrons. The molecule has 3 aliphatic heterocycles. The Bertz CT molecular complexity index is 409. The Morgan fingerprint density at radius 1 is 1.10 bits per heavy atom. The van der Waals surface area contributed by atoms with Gasteiger partial charge in [0, 0.05) is 6.42 Å². The highest BCUT2D eigenvalue weighted by Crippen LogP contribution is 2.62. The number of aliphatic hydroxyl groups excluding tert-OH is 1. The quantitative estimate of drug-likeness (QED) is 0.698. The van der Waals surface area contributed by atoms with Crippen molar-refractivity contribution < 1.29 is 24.4 Å². The predicted molar refractivity (Wildman–Crippen MR) is 70.0 cm³/mol. The van der Waals surface area contributed by atoms with Crippen LogP contribution in [0.5, 0.6) is 0 Å². The minimum absolute atomic E-state index is 0.0321. The molecular weight excluding hydrogens is 260 g/mol. The molecular formula is C15H24O5. The van der Waals surface area contributed by atoms with E-state index in [1.54, 1.807) is 0 Å². The van der Waals surface area contributed by atoms with Gasteiger partial charge in [-0.25, -0.2) is 0 Å². The summed E-state index contributed by atoms with van der Waals surface area (Å²) in [5.74, 6) is 0.456. The number of hydrogen-bond acceptors (Lipinski definition) is 5. The van der Waals surface area contributed by atoms with E-state index in [1.165, 1.54) is 0 Å². The minimum atomic E-state index is -0.725. The van der Waals surface area contributed by atoms with E-state index in [2.05, 4.69) is 6.92 Å². The molecule has 20 heavy (non-hydrogen) atoms. The van der Waals surface area contributed by atoms with Crippen LogP contribution >= 0.6 is 0 Å². The number of epoxide rings is 1. The largest absolute Gasteiger partial charge is 0.394 e. The molecule has 4 fully saturated rings. The molecule has 3 saturated heterocycles. The van der Waals surface area contributed by atoms with Crippen LogP contribution < -0.4 is 0 Å². The summed E-state index contributed by atoms with van der Waals surface area (Å²) in [5.41, 5.74) is -0.880. The van der Waals surface area contributed by atoms with E-state index in [-0.39, 0.29) is 42.7 Å². The van der Waals surface area contributed by atoms with Gasteiger partial charge in [0.15, 0.2) is 6.29 Å². The third-order valence-corrected chi connectivity index (χ3v) is 6.03. The lowest BCUT2D eigenvalue weighted by atomic mass is 9.59. The van der Waals surface area contributed by atoms with Crippen LogP contribution in [0.2, 0.25) is 0 Å². The van der Waals surface area contributed by atoms with E-state index in [1.807, 2.05) is 6.92 Å². The van der Waals surface area contributed by atoms with Crippen molar-refractivity contribution in [1.29, 1.82) is 0 Å². The fourth-order valence-electron chi connectivity index (χ4n) is 4.68. The van der Waals surface area contributed by atoms with Crippen LogP contribution in [0.4, 0.5) is 0 Å². The first-order valence-corrected chi connectivity index (χ1v) is 7.77. The van der Waals surface area contributed by atoms with Gasteiger partial charge in [-0.3, -0.25) is 0 Å². The fourth-order valence-corrected chi connectivity index (χ4v) is 4.68. The zero-order chi connectivity index (χ0) is 14.1. The molecule has 3 heterocycles. The van der Waals surface area contributed by atoms with Crippen LogP contribution in [0.1, 0.15) is 39.5 Å². The molecule has 0 aromatic rings. The van der Waals surface area contributed by atoms with Gasteiger partial charge in [-0.2, -0.15) is 0 Å². The molecule has 114 valence electrons. The second-order valence-electron chi connectivity index (χ2n) is 7.35. The summed E-state index contributed by atoms with van der Waals surface area (Å²) in [5, 5.41) is 19.8. The van der Waals surface area contributed by atoms with Crippen molar-refractivity contribution in [3.8, 4) is 0 Å². The predicted octanol–water partition coefficient (Wildman–Crippen LogP) is 0.817. The Kier molecular flexibility index (Phi) is 2.81. The standard InChI is InChI=1S/C15H24O5/c1-8-5-9-6-10(7-16)19-13(18-9)15(8)4-3-14(2,17)11-12(15)20-11/h8-13,16-17H,3-7H2,1-2H3/t8-,9-,10-,11-,12+,13-,14-,15-/m0/s1. The third-order valence-electron chi connectivity index (χ3n) is 6.03. The molecule has 4 rings (SSSR count). The Labute approximate surface area is 119 Å². The third kappa shape index (κ3) is 1.67. The van der Waals surface area contributed by atoms with Crippen molar-refractivity contribution in [2.45, 2.75) is 75.8 Å². The van der Waals surface area contributed by atoms with Crippen LogP contribution in [0.25, 0.3) is 0 Å². The lowest BCUT2D eigenvalue weighted by molar-refractivity contribution is -0.336. The summed E-state index contributed by atoms with van der Waals surface area (Å²) in [6, 6.07) is 0. The summed E-state index contributed by atoms with van der Waals surface area (Å²) >= 11 is 0. The number of rotatable bonds is 1. The van der Waals surface area contributed by atoms with Crippen molar-refractivity contribution >= 4 is 0 Å². The Morgan fingerprint density at radius 2 is 1.90 bits per heavy atom. The summed E-state index contributed by atoms with van der Waals surface area (Å²) in [4.78, 5) is 0. The average molecular weight is 284 g/mol. The van der Waals surface area contributed by atoms with Gasteiger partial charge in [0.05, 0.1) is 35.9 Å². The van der Waals surface area contributed by atoms with Crippen molar-refractivity contribution in [3.05, 3.63) is 0 Å². The molecule has 5 heteroatoms. The maximum Gasteiger partial charge on any atom is 0.166 e. The highest BCUT2D eigenvalue weighted by molar-refractivity contribution is 5.16. The van der Waals surface area contributed by atoms with Gasteiger partial charge in [-0.1, -0.05) is 6.92 Å². The zero-order valence-corrected chi connectivity index (χ0v) is 12.1. The lowest BCUT2D eigenvalue weighted by Gasteiger charge is -2.55. The van der Waals surface area contributed by atoms with Crippen LogP contribution in [-0.2, 0) is 14.2 Å². The normalized spacial score (nSPS) is 61.2. The SMILES string of the molecule is C[C@H]1C[C@H]2C[C@@H](CO)O[C@H](O2)[C@@]12CC[C@](C)(O)[C@H]1O[C@H]12. The first-order valence-electron chi connectivity index (χ1n) is 7.77. The number of hydrogen-bond donors (Lipinski definition) is 2. The number of fused-ring (bicyclic) bond motifs is 5. The maximum absolute atomic E-state index is 10.4. The summed E-state index contributed by atoms with van der Waals surface area (Å²) in [6.45, 7) is 4.16. The van der Waals surface area contributed by atoms with E-state index < -0.39 is 5.60 Å². The molecule has 1 saturated carbocycles. The molecule has 0 aromatic carbocycles. The van der Waals surface area contributed by atoms with E-state index in [0.717, 1.165) is 25.7 Å². The van der Waals surface area contributed by atoms with Crippen molar-refractivity contribution in [2.24, 2.45) is 11.3 Å². The summed E-state index contributed by atoms with van der Waals surface area (Å²) in [7, 11) is 0. The van der Waals surface area contributed by atoms with Gasteiger partial charge in [-0.05, 0) is 32.1 Å². The minimum Gasteiger partial charge on any atom is -0.394 e. The highest BCUT2D eigenvalue weighted by Gasteiger charge is 2.71. The van der Waals surface area contributed by atoms with Gasteiger partial charge in [-0.15, -0.1) is 0 Å². The lowest BCUT2D eigenvalue weighted by Crippen LogP contribution is -2.62. The molecule has 0 unspecified atom stereocenters. The van der Waals surface area contributed by atoms with Gasteiger partial charge in [0.25, 0.3) is 0 Å². The first-order chi connectivity index (χ1) is 9.47. The average Bonchev–Trinajstić information content (AvgIpc) is 3.19. The molecule has 4 aliphatic rings. The van der Waals surface area contributed by atoms with Crippen LogP contribution in [0.15, 0.2) is 0 Å². The molecule has 0 amide bonds. The highest BCUT2D eigenvalue weighted by atomic mass is 16.7. The first kappa shape index (κ1) is 13.5. The maximum atomic E-state index is 10.4. The van der Waals surface area contributed by atoms with Gasteiger partial charge in [0.2, 0.25) is 0 Å². The van der Waals surface area contributed by atoms with E-state index in [9.17, 15) is 10.2 Å². The van der Waals surface area contributed by atoms with Crippen molar-refractivity contribution in [2.75, 3.05) is 6.61 Å². The van der Waals surface area contributed by atoms with E-state index in [0.29, 0.717) is 5.92 Å². The van der Waals surface area contributed by atoms with E-state index in [4.69, 9.17) is 14.2 Å². The Morgan fingerprint density at radius 3 is 2.65 bits per heavy atom. The van der Waals surface area contributed by atoms with Crippen LogP contribution in [0.3, 0.4) is 0 Å². The van der Waals surface area contributed by atoms with Gasteiger partial charge >= 0.3 is 0 Å². The number of aliphatic hydroxyl groups is 2. The summed E-state index contributed by atoms with van der Waals surface area (Å²) in [6.07, 6.45) is 3.06. The van der Waals surface area contributed by atoms with Crippen molar-refractivity contribution in [3.63, 3.8) is 0 Å². The molecule has 0 aromatic heterocycles. The van der Waals surface area contributed by atoms with Gasteiger partial charge in [0.1, 0.15) is 6.10 Å². The zero-order valence-electron chi connectivity index (χ0n) is 12.1. The smallest absolute Gasteiger partial charge is 0.166 e. The molecule has 2 N–H and O–H groups in total. The monoisotopic (exact) mass is 284 g/mol. The van der Waals surface area contributed by atoms with Gasteiger partial charge < -0.3 is 24.4 Å². The van der Waals surface area contributed by atoms with Crippen LogP contribution in [0, 0.1) is 11.3 Å². The molecule has 1 aliphatic carbocycles. The topological polar surface area (TPSA) is 71.5 Å². The summed E-state index contributed by atoms with van der Waals surface area (Å²) < 4.78 is 17.9. The van der Waals surface area contributed by atoms with Crippen molar-refractivity contribution in [1.82, 2.24) is 0 Å². The second-order valence-corrected chi connectivity index (χ2v) is 7.35. The molecule has 1 spiro atoms. The van der Waals surface area contributed by atoms with E-state index >= 15 is 0 Å². The number of ether oxygens (including phenoxy) is 3. The van der Waals surface area contributed by atoms with Crippen LogP contribution in [-0.4, -0.2) is 53.1 Å². The fraction of sp³-hybridized carbons (Fsp3) is 1.00. The Balaban J connectivity index is 1.64. The molecule has 5 nitrogen and oxygen atoms in total.